The highest BCUT2D eigenvalue weighted by atomic mass is 19.4. The van der Waals surface area contributed by atoms with Crippen LogP contribution in [0.3, 0.4) is 0 Å². The van der Waals surface area contributed by atoms with E-state index in [0.717, 1.165) is 12.3 Å². The molecule has 3 aromatic rings. The van der Waals surface area contributed by atoms with Crippen LogP contribution >= 0.6 is 0 Å². The van der Waals surface area contributed by atoms with E-state index in [-0.39, 0.29) is 11.2 Å². The summed E-state index contributed by atoms with van der Waals surface area (Å²) in [5.41, 5.74) is 6.25. The Morgan fingerprint density at radius 3 is 2.45 bits per heavy atom. The molecule has 0 saturated heterocycles. The molecule has 2 heterocycles. The van der Waals surface area contributed by atoms with Crippen LogP contribution in [0, 0.1) is 0 Å². The molecule has 8 heteroatoms. The number of hydrogen-bond acceptors (Lipinski definition) is 4. The first kappa shape index (κ1) is 12.4. The number of nitrogens with zero attached hydrogens (tertiary/aromatic N) is 4. The van der Waals surface area contributed by atoms with Crippen LogP contribution in [0.5, 0.6) is 0 Å². The van der Waals surface area contributed by atoms with Gasteiger partial charge < -0.3 is 5.73 Å². The lowest BCUT2D eigenvalue weighted by Gasteiger charge is -2.05. The topological polar surface area (TPSA) is 69.6 Å². The highest BCUT2D eigenvalue weighted by Crippen LogP contribution is 2.30. The summed E-state index contributed by atoms with van der Waals surface area (Å²) in [5, 5.41) is 7.53. The minimum absolute atomic E-state index is 0.0802. The van der Waals surface area contributed by atoms with Crippen molar-refractivity contribution in [2.45, 2.75) is 6.18 Å². The molecular formula is C12H8F3N5. The van der Waals surface area contributed by atoms with Crippen LogP contribution in [0.4, 0.5) is 18.9 Å². The Balaban J connectivity index is 2.13. The first-order valence-electron chi connectivity index (χ1n) is 5.60. The highest BCUT2D eigenvalue weighted by Gasteiger charge is 2.31. The third-order valence-electron chi connectivity index (χ3n) is 2.75. The second-order valence-electron chi connectivity index (χ2n) is 4.16. The van der Waals surface area contributed by atoms with Gasteiger partial charge in [-0.25, -0.2) is 4.98 Å². The molecular weight excluding hydrogens is 271 g/mol. The van der Waals surface area contributed by atoms with Crippen LogP contribution in [0.25, 0.3) is 16.9 Å². The Morgan fingerprint density at radius 2 is 1.80 bits per heavy atom. The number of nitrogen functional groups attached to an aromatic ring is 1. The Labute approximate surface area is 110 Å². The fourth-order valence-corrected chi connectivity index (χ4v) is 1.76. The fourth-order valence-electron chi connectivity index (χ4n) is 1.76. The molecule has 3 rings (SSSR count). The number of aromatic nitrogens is 4. The van der Waals surface area contributed by atoms with Gasteiger partial charge in [0.1, 0.15) is 5.52 Å². The molecule has 5 nitrogen and oxygen atoms in total. The predicted octanol–water partition coefficient (Wildman–Crippen LogP) is 2.42. The summed E-state index contributed by atoms with van der Waals surface area (Å²) in [7, 11) is 0. The Bertz CT molecular complexity index is 761. The van der Waals surface area contributed by atoms with Crippen LogP contribution in [-0.2, 0) is 6.18 Å². The summed E-state index contributed by atoms with van der Waals surface area (Å²) >= 11 is 0. The van der Waals surface area contributed by atoms with E-state index in [1.165, 1.54) is 4.68 Å². The minimum Gasteiger partial charge on any atom is -0.399 e. The van der Waals surface area contributed by atoms with Gasteiger partial charge in [0.2, 0.25) is 0 Å². The largest absolute Gasteiger partial charge is 0.417 e. The smallest absolute Gasteiger partial charge is 0.399 e. The average Bonchev–Trinajstić information content (AvgIpc) is 2.81. The van der Waals surface area contributed by atoms with Gasteiger partial charge in [0, 0.05) is 11.9 Å². The fraction of sp³-hybridized carbons (Fsp3) is 0.0833. The second kappa shape index (κ2) is 4.19. The Kier molecular flexibility index (Phi) is 2.60. The van der Waals surface area contributed by atoms with Crippen molar-refractivity contribution in [2.24, 2.45) is 0 Å². The number of halogens is 3. The van der Waals surface area contributed by atoms with Gasteiger partial charge in [0.15, 0.2) is 5.65 Å². The number of rotatable bonds is 1. The summed E-state index contributed by atoms with van der Waals surface area (Å²) in [6.07, 6.45) is -3.69. The maximum absolute atomic E-state index is 12.6. The Hall–Kier alpha value is -2.64. The van der Waals surface area contributed by atoms with E-state index >= 15 is 0 Å². The monoisotopic (exact) mass is 279 g/mol. The van der Waals surface area contributed by atoms with Crippen molar-refractivity contribution < 1.29 is 13.2 Å². The maximum atomic E-state index is 12.6. The van der Waals surface area contributed by atoms with Crippen molar-refractivity contribution in [3.8, 4) is 5.69 Å². The van der Waals surface area contributed by atoms with Gasteiger partial charge in [0.05, 0.1) is 11.3 Å². The molecule has 0 bridgehead atoms. The third-order valence-corrected chi connectivity index (χ3v) is 2.75. The zero-order valence-electron chi connectivity index (χ0n) is 9.96. The molecule has 1 aromatic carbocycles. The van der Waals surface area contributed by atoms with Gasteiger partial charge >= 0.3 is 6.18 Å². The first-order chi connectivity index (χ1) is 9.45. The van der Waals surface area contributed by atoms with Gasteiger partial charge in [0.25, 0.3) is 0 Å². The number of anilines is 1. The van der Waals surface area contributed by atoms with Crippen molar-refractivity contribution in [1.82, 2.24) is 20.0 Å². The Morgan fingerprint density at radius 1 is 1.10 bits per heavy atom. The molecule has 0 amide bonds. The molecule has 0 spiro atoms. The normalized spacial score (nSPS) is 11.9. The SMILES string of the molecule is Nc1ccc(-n2nnc3cc(C(F)(F)F)cnc32)cc1. The van der Waals surface area contributed by atoms with E-state index in [2.05, 4.69) is 15.3 Å². The number of fused-ring (bicyclic) bond motifs is 1. The summed E-state index contributed by atoms with van der Waals surface area (Å²) in [6.45, 7) is 0. The van der Waals surface area contributed by atoms with Gasteiger partial charge in [-0.1, -0.05) is 5.21 Å². The predicted molar refractivity (Wildman–Crippen MR) is 66.1 cm³/mol. The molecule has 0 fully saturated rings. The van der Waals surface area contributed by atoms with Crippen molar-refractivity contribution in [3.05, 3.63) is 42.1 Å². The second-order valence-corrected chi connectivity index (χ2v) is 4.16. The molecule has 0 aliphatic rings. The molecule has 0 saturated carbocycles. The van der Waals surface area contributed by atoms with E-state index in [9.17, 15) is 13.2 Å². The first-order valence-corrected chi connectivity index (χ1v) is 5.60. The lowest BCUT2D eigenvalue weighted by atomic mass is 10.2. The summed E-state index contributed by atoms with van der Waals surface area (Å²) < 4.78 is 39.1. The number of alkyl halides is 3. The van der Waals surface area contributed by atoms with Crippen LogP contribution in [0.15, 0.2) is 36.5 Å². The van der Waals surface area contributed by atoms with E-state index in [1.807, 2.05) is 0 Å². The molecule has 2 N–H and O–H groups in total. The van der Waals surface area contributed by atoms with E-state index in [4.69, 9.17) is 5.73 Å². The third kappa shape index (κ3) is 2.04. The number of benzene rings is 1. The number of nitrogens with two attached hydrogens (primary N) is 1. The molecule has 102 valence electrons. The molecule has 0 aliphatic heterocycles. The zero-order chi connectivity index (χ0) is 14.3. The zero-order valence-corrected chi connectivity index (χ0v) is 9.96. The standard InChI is InChI=1S/C12H8F3N5/c13-12(14,15)7-5-10-11(17-6-7)20(19-18-10)9-3-1-8(16)2-4-9/h1-6H,16H2. The summed E-state index contributed by atoms with van der Waals surface area (Å²) in [5.74, 6) is 0. The van der Waals surface area contributed by atoms with Crippen LogP contribution in [-0.4, -0.2) is 20.0 Å². The minimum atomic E-state index is -4.45. The molecule has 0 unspecified atom stereocenters. The van der Waals surface area contributed by atoms with Gasteiger partial charge in [-0.15, -0.1) is 5.10 Å². The van der Waals surface area contributed by atoms with E-state index in [0.29, 0.717) is 11.4 Å². The maximum Gasteiger partial charge on any atom is 0.417 e. The molecule has 20 heavy (non-hydrogen) atoms. The van der Waals surface area contributed by atoms with Crippen molar-refractivity contribution in [1.29, 1.82) is 0 Å². The van der Waals surface area contributed by atoms with Crippen molar-refractivity contribution in [3.63, 3.8) is 0 Å². The quantitative estimate of drug-likeness (QED) is 0.694. The molecule has 0 radical (unpaired) electrons. The number of hydrogen-bond donors (Lipinski definition) is 1. The van der Waals surface area contributed by atoms with Gasteiger partial charge in [-0.05, 0) is 30.3 Å². The van der Waals surface area contributed by atoms with Crippen LogP contribution in [0.1, 0.15) is 5.56 Å². The van der Waals surface area contributed by atoms with Gasteiger partial charge in [-0.2, -0.15) is 17.9 Å². The van der Waals surface area contributed by atoms with Crippen LogP contribution in [0.2, 0.25) is 0 Å². The summed E-state index contributed by atoms with van der Waals surface area (Å²) in [4.78, 5) is 3.79. The molecule has 0 atom stereocenters. The van der Waals surface area contributed by atoms with Crippen LogP contribution < -0.4 is 5.73 Å². The lowest BCUT2D eigenvalue weighted by molar-refractivity contribution is -0.137. The van der Waals surface area contributed by atoms with Gasteiger partial charge in [-0.3, -0.25) is 0 Å². The lowest BCUT2D eigenvalue weighted by Crippen LogP contribution is -2.05. The summed E-state index contributed by atoms with van der Waals surface area (Å²) in [6, 6.07) is 7.61. The number of pyridine rings is 1. The molecule has 2 aromatic heterocycles. The van der Waals surface area contributed by atoms with Crippen molar-refractivity contribution in [2.75, 3.05) is 5.73 Å². The molecule has 0 aliphatic carbocycles. The van der Waals surface area contributed by atoms with E-state index < -0.39 is 11.7 Å². The highest BCUT2D eigenvalue weighted by molar-refractivity contribution is 5.72. The average molecular weight is 279 g/mol. The van der Waals surface area contributed by atoms with Crippen molar-refractivity contribution >= 4 is 16.9 Å². The van der Waals surface area contributed by atoms with E-state index in [1.54, 1.807) is 24.3 Å².